The quantitative estimate of drug-likeness (QED) is 0.273. The van der Waals surface area contributed by atoms with Gasteiger partial charge in [-0.05, 0) is 57.7 Å². The summed E-state index contributed by atoms with van der Waals surface area (Å²) in [5.41, 5.74) is 5.37. The smallest absolute Gasteiger partial charge is 0.220 e. The summed E-state index contributed by atoms with van der Waals surface area (Å²) in [5.74, 6) is 1.46. The van der Waals surface area contributed by atoms with Crippen molar-refractivity contribution in [3.05, 3.63) is 0 Å². The molecule has 0 spiro atoms. The third-order valence-electron chi connectivity index (χ3n) is 4.79. The van der Waals surface area contributed by atoms with Gasteiger partial charge in [-0.15, -0.1) is 0 Å². The van der Waals surface area contributed by atoms with Gasteiger partial charge in [0, 0.05) is 32.7 Å². The Balaban J connectivity index is 1.98. The molecule has 1 saturated heterocycles. The molecule has 0 bridgehead atoms. The predicted octanol–water partition coefficient (Wildman–Crippen LogP) is 1.19. The van der Waals surface area contributed by atoms with Crippen molar-refractivity contribution in [2.45, 2.75) is 46.0 Å². The molecule has 0 aliphatic carbocycles. The fraction of sp³-hybridized carbons (Fsp3) is 0.895. The van der Waals surface area contributed by atoms with Crippen LogP contribution in [0.2, 0.25) is 0 Å². The van der Waals surface area contributed by atoms with Crippen molar-refractivity contribution >= 4 is 11.9 Å². The Kier molecular flexibility index (Phi) is 12.1. The number of ether oxygens (including phenoxy) is 1. The first-order valence-electron chi connectivity index (χ1n) is 10.1. The Morgan fingerprint density at radius 1 is 1.19 bits per heavy atom. The fourth-order valence-corrected chi connectivity index (χ4v) is 2.99. The number of carbonyl (C=O) groups excluding carboxylic acids is 1. The van der Waals surface area contributed by atoms with Crippen molar-refractivity contribution in [2.24, 2.45) is 22.6 Å². The normalized spacial score (nSPS) is 16.8. The highest BCUT2D eigenvalue weighted by Crippen LogP contribution is 2.16. The minimum atomic E-state index is -0.141. The van der Waals surface area contributed by atoms with Gasteiger partial charge >= 0.3 is 0 Å². The van der Waals surface area contributed by atoms with Gasteiger partial charge in [-0.25, -0.2) is 0 Å². The van der Waals surface area contributed by atoms with Crippen LogP contribution < -0.4 is 16.4 Å². The van der Waals surface area contributed by atoms with Crippen LogP contribution in [0.25, 0.3) is 0 Å². The third-order valence-corrected chi connectivity index (χ3v) is 4.79. The molecule has 0 saturated carbocycles. The van der Waals surface area contributed by atoms with Crippen molar-refractivity contribution < 1.29 is 9.53 Å². The highest BCUT2D eigenvalue weighted by atomic mass is 16.5. The van der Waals surface area contributed by atoms with Gasteiger partial charge < -0.3 is 26.0 Å². The lowest BCUT2D eigenvalue weighted by Crippen LogP contribution is -2.40. The number of hydrogen-bond donors (Lipinski definition) is 3. The topological polar surface area (TPSA) is 92.0 Å². The maximum absolute atomic E-state index is 11.2. The number of rotatable bonds is 12. The zero-order valence-electron chi connectivity index (χ0n) is 16.9. The molecule has 0 radical (unpaired) electrons. The molecule has 4 N–H and O–H groups in total. The van der Waals surface area contributed by atoms with Gasteiger partial charge in [0.1, 0.15) is 0 Å². The van der Waals surface area contributed by atoms with E-state index in [4.69, 9.17) is 10.5 Å². The van der Waals surface area contributed by atoms with Gasteiger partial charge in [-0.3, -0.25) is 9.79 Å². The molecular formula is C19H39N5O2. The molecule has 1 fully saturated rings. The first kappa shape index (κ1) is 22.7. The molecule has 1 amide bonds. The highest BCUT2D eigenvalue weighted by molar-refractivity contribution is 5.79. The number of piperidine rings is 1. The van der Waals surface area contributed by atoms with E-state index < -0.39 is 0 Å². The molecule has 26 heavy (non-hydrogen) atoms. The van der Waals surface area contributed by atoms with Crippen LogP contribution in [0.15, 0.2) is 4.99 Å². The Morgan fingerprint density at radius 2 is 1.88 bits per heavy atom. The predicted molar refractivity (Wildman–Crippen MR) is 107 cm³/mol. The molecule has 1 aliphatic heterocycles. The summed E-state index contributed by atoms with van der Waals surface area (Å²) in [4.78, 5) is 17.8. The lowest BCUT2D eigenvalue weighted by atomic mass is 9.96. The second kappa shape index (κ2) is 13.8. The van der Waals surface area contributed by atoms with Crippen LogP contribution in [0.3, 0.4) is 0 Å². The Hall–Kier alpha value is -1.34. The minimum Gasteiger partial charge on any atom is -0.380 e. The number of guanidine groups is 1. The van der Waals surface area contributed by atoms with E-state index in [1.807, 2.05) is 0 Å². The van der Waals surface area contributed by atoms with Gasteiger partial charge in [0.05, 0.1) is 6.61 Å². The van der Waals surface area contributed by atoms with Crippen LogP contribution in [-0.2, 0) is 9.53 Å². The summed E-state index contributed by atoms with van der Waals surface area (Å²) in [6.45, 7) is 10.7. The number of nitrogens with one attached hydrogen (secondary N) is 2. The Morgan fingerprint density at radius 3 is 2.50 bits per heavy atom. The van der Waals surface area contributed by atoms with Gasteiger partial charge in [-0.1, -0.05) is 13.8 Å². The van der Waals surface area contributed by atoms with E-state index in [9.17, 15) is 4.79 Å². The summed E-state index contributed by atoms with van der Waals surface area (Å²) in [6.07, 6.45) is 5.16. The third kappa shape index (κ3) is 10.6. The molecular weight excluding hydrogens is 330 g/mol. The second-order valence-electron chi connectivity index (χ2n) is 7.45. The van der Waals surface area contributed by atoms with Crippen molar-refractivity contribution in [1.29, 1.82) is 0 Å². The summed E-state index contributed by atoms with van der Waals surface area (Å²) in [6, 6.07) is 0. The molecule has 1 rings (SSSR count). The summed E-state index contributed by atoms with van der Waals surface area (Å²) < 4.78 is 5.59. The molecule has 0 atom stereocenters. The molecule has 1 aliphatic rings. The SMILES string of the molecule is CN=C(NCCCCN1CCC(C(N)=O)CC1)NCCOCCC(C)C. The number of hydrogen-bond acceptors (Lipinski definition) is 4. The maximum Gasteiger partial charge on any atom is 0.220 e. The maximum atomic E-state index is 11.2. The van der Waals surface area contributed by atoms with Crippen LogP contribution in [0, 0.1) is 11.8 Å². The van der Waals surface area contributed by atoms with E-state index in [1.165, 1.54) is 0 Å². The summed E-state index contributed by atoms with van der Waals surface area (Å²) >= 11 is 0. The van der Waals surface area contributed by atoms with E-state index in [1.54, 1.807) is 7.05 Å². The lowest BCUT2D eigenvalue weighted by Gasteiger charge is -2.30. The first-order chi connectivity index (χ1) is 12.5. The van der Waals surface area contributed by atoms with E-state index in [0.717, 1.165) is 77.4 Å². The van der Waals surface area contributed by atoms with Crippen molar-refractivity contribution in [2.75, 3.05) is 53.0 Å². The van der Waals surface area contributed by atoms with E-state index >= 15 is 0 Å². The number of primary amides is 1. The number of amides is 1. The molecule has 0 unspecified atom stereocenters. The number of unbranched alkanes of at least 4 members (excludes halogenated alkanes) is 1. The van der Waals surface area contributed by atoms with E-state index in [2.05, 4.69) is 34.4 Å². The molecule has 152 valence electrons. The number of carbonyl (C=O) groups is 1. The molecule has 0 aromatic heterocycles. The van der Waals surface area contributed by atoms with Gasteiger partial charge in [-0.2, -0.15) is 0 Å². The molecule has 7 nitrogen and oxygen atoms in total. The highest BCUT2D eigenvalue weighted by Gasteiger charge is 2.22. The minimum absolute atomic E-state index is 0.0802. The largest absolute Gasteiger partial charge is 0.380 e. The van der Waals surface area contributed by atoms with Crippen molar-refractivity contribution in [3.8, 4) is 0 Å². The van der Waals surface area contributed by atoms with Crippen LogP contribution in [0.4, 0.5) is 0 Å². The van der Waals surface area contributed by atoms with E-state index in [-0.39, 0.29) is 11.8 Å². The summed E-state index contributed by atoms with van der Waals surface area (Å²) in [7, 11) is 1.79. The van der Waals surface area contributed by atoms with E-state index in [0.29, 0.717) is 12.5 Å². The van der Waals surface area contributed by atoms with Crippen LogP contribution in [0.5, 0.6) is 0 Å². The average Bonchev–Trinajstić information content (AvgIpc) is 2.62. The van der Waals surface area contributed by atoms with Crippen molar-refractivity contribution in [1.82, 2.24) is 15.5 Å². The first-order valence-corrected chi connectivity index (χ1v) is 10.1. The molecule has 1 heterocycles. The van der Waals surface area contributed by atoms with Crippen molar-refractivity contribution in [3.63, 3.8) is 0 Å². The lowest BCUT2D eigenvalue weighted by molar-refractivity contribution is -0.123. The average molecular weight is 370 g/mol. The zero-order chi connectivity index (χ0) is 19.2. The standard InChI is InChI=1S/C19H39N5O2/c1-16(2)8-14-26-15-10-23-19(21-3)22-9-4-5-11-24-12-6-17(7-13-24)18(20)25/h16-17H,4-15H2,1-3H3,(H2,20,25)(H2,21,22,23). The van der Waals surface area contributed by atoms with Crippen LogP contribution >= 0.6 is 0 Å². The number of likely N-dealkylation sites (tertiary alicyclic amines) is 1. The Bertz CT molecular complexity index is 407. The molecule has 0 aromatic carbocycles. The number of nitrogens with two attached hydrogens (primary N) is 1. The second-order valence-corrected chi connectivity index (χ2v) is 7.45. The van der Waals surface area contributed by atoms with Crippen LogP contribution in [-0.4, -0.2) is 69.8 Å². The van der Waals surface area contributed by atoms with Gasteiger partial charge in [0.2, 0.25) is 5.91 Å². The zero-order valence-corrected chi connectivity index (χ0v) is 16.9. The summed E-state index contributed by atoms with van der Waals surface area (Å²) in [5, 5.41) is 6.61. The Labute approximate surface area is 159 Å². The van der Waals surface area contributed by atoms with Gasteiger partial charge in [0.25, 0.3) is 0 Å². The van der Waals surface area contributed by atoms with Gasteiger partial charge in [0.15, 0.2) is 5.96 Å². The van der Waals surface area contributed by atoms with Crippen LogP contribution in [0.1, 0.15) is 46.0 Å². The molecule has 0 aromatic rings. The monoisotopic (exact) mass is 369 g/mol. The number of nitrogens with zero attached hydrogens (tertiary/aromatic N) is 2. The fourth-order valence-electron chi connectivity index (χ4n) is 2.99. The molecule has 7 heteroatoms. The number of aliphatic imine (C=N–C) groups is 1.